The van der Waals surface area contributed by atoms with Gasteiger partial charge < -0.3 is 69.5 Å². The second-order valence-electron chi connectivity index (χ2n) is 32.5. The Morgan fingerprint density at radius 1 is 0.670 bits per heavy atom. The van der Waals surface area contributed by atoms with Gasteiger partial charge in [0.1, 0.15) is 53.9 Å². The molecule has 3 aliphatic carbocycles. The number of rotatable bonds is 16. The van der Waals surface area contributed by atoms with E-state index in [2.05, 4.69) is 22.9 Å². The minimum absolute atomic E-state index is 0.00741. The van der Waals surface area contributed by atoms with E-state index in [0.717, 1.165) is 30.6 Å². The highest BCUT2D eigenvalue weighted by atomic mass is 19.4. The van der Waals surface area contributed by atoms with Gasteiger partial charge in [0.15, 0.2) is 0 Å². The van der Waals surface area contributed by atoms with Crippen LogP contribution in [0.4, 0.5) is 13.2 Å². The summed E-state index contributed by atoms with van der Waals surface area (Å²) in [6, 6.07) is -10.2. The van der Waals surface area contributed by atoms with E-state index < -0.39 is 192 Å². The minimum atomic E-state index is -4.52. The van der Waals surface area contributed by atoms with Gasteiger partial charge in [0, 0.05) is 89.6 Å². The van der Waals surface area contributed by atoms with Crippen molar-refractivity contribution in [1.29, 1.82) is 0 Å². The van der Waals surface area contributed by atoms with Crippen LogP contribution in [0.2, 0.25) is 0 Å². The van der Waals surface area contributed by atoms with E-state index in [1.165, 1.54) is 103 Å². The maximum absolute atomic E-state index is 15.8. The van der Waals surface area contributed by atoms with Gasteiger partial charge >= 0.3 is 6.18 Å². The smallest absolute Gasteiger partial charge is 0.381 e. The number of alkyl halides is 3. The second kappa shape index (κ2) is 38.4. The fourth-order valence-electron chi connectivity index (χ4n) is 17.4. The number of hydrogen-bond acceptors (Lipinski definition) is 14. The number of ether oxygens (including phenoxy) is 2. The lowest BCUT2D eigenvalue weighted by molar-refractivity contribution is -0.215. The Kier molecular flexibility index (Phi) is 31.9. The number of carbonyl (C=O) groups excluding carboxylic acids is 12. The first kappa shape index (κ1) is 88.0. The van der Waals surface area contributed by atoms with E-state index in [-0.39, 0.29) is 96.2 Å². The highest BCUT2D eigenvalue weighted by molar-refractivity contribution is 6.01. The second-order valence-corrected chi connectivity index (χ2v) is 32.5. The monoisotopic (exact) mass is 1500 g/mol. The zero-order valence-corrected chi connectivity index (χ0v) is 66.7. The number of amides is 12. The molecular formula is C77H127F3N12O14. The molecule has 1 spiro atoms. The summed E-state index contributed by atoms with van der Waals surface area (Å²) in [5.74, 6) is -10.7. The summed E-state index contributed by atoms with van der Waals surface area (Å²) in [5.41, 5.74) is -2.20. The van der Waals surface area contributed by atoms with Crippen LogP contribution in [0, 0.1) is 40.9 Å². The molecule has 600 valence electrons. The largest absolute Gasteiger partial charge is 0.394 e. The number of nitrogens with one attached hydrogen (secondary N) is 3. The Morgan fingerprint density at radius 2 is 1.30 bits per heavy atom. The highest BCUT2D eigenvalue weighted by Crippen LogP contribution is 2.50. The Morgan fingerprint density at radius 3 is 1.88 bits per heavy atom. The average molecular weight is 1500 g/mol. The van der Waals surface area contributed by atoms with Crippen molar-refractivity contribution in [2.75, 3.05) is 96.3 Å². The quantitative estimate of drug-likeness (QED) is 0.146. The number of methoxy groups -OCH3 is 1. The lowest BCUT2D eigenvalue weighted by Crippen LogP contribution is -2.71. The Balaban J connectivity index is 1.49. The van der Waals surface area contributed by atoms with Crippen molar-refractivity contribution < 1.29 is 80.2 Å². The van der Waals surface area contributed by atoms with Crippen molar-refractivity contribution in [1.82, 2.24) is 60.0 Å². The number of likely N-dealkylation sites (N-methyl/N-ethyl adjacent to an activating group) is 7. The third-order valence-electron chi connectivity index (χ3n) is 24.0. The number of nitrogens with zero attached hydrogens (tertiary/aromatic N) is 9. The summed E-state index contributed by atoms with van der Waals surface area (Å²) < 4.78 is 54.6. The molecule has 3 heterocycles. The van der Waals surface area contributed by atoms with Gasteiger partial charge in [-0.2, -0.15) is 13.2 Å². The van der Waals surface area contributed by atoms with Crippen LogP contribution in [-0.2, 0) is 67.0 Å². The molecule has 0 aromatic carbocycles. The summed E-state index contributed by atoms with van der Waals surface area (Å²) in [5, 5.41) is 8.86. The Hall–Kier alpha value is -6.91. The summed E-state index contributed by atoms with van der Waals surface area (Å²) in [6.45, 7) is 15.8. The van der Waals surface area contributed by atoms with Gasteiger partial charge in [-0.1, -0.05) is 119 Å². The lowest BCUT2D eigenvalue weighted by Gasteiger charge is -2.54. The van der Waals surface area contributed by atoms with E-state index >= 15 is 28.8 Å². The normalized spacial score (nSPS) is 31.1. The van der Waals surface area contributed by atoms with Gasteiger partial charge in [-0.25, -0.2) is 0 Å². The fourth-order valence-corrected chi connectivity index (χ4v) is 17.4. The number of hydrogen-bond donors (Lipinski definition) is 3. The van der Waals surface area contributed by atoms with Crippen LogP contribution < -0.4 is 16.0 Å². The highest BCUT2D eigenvalue weighted by Gasteiger charge is 2.59. The minimum Gasteiger partial charge on any atom is -0.381 e. The molecule has 6 aliphatic rings. The van der Waals surface area contributed by atoms with Crippen molar-refractivity contribution in [3.8, 4) is 0 Å². The fraction of sp³-hybridized carbons (Fsp3) is 0.818. The van der Waals surface area contributed by atoms with Gasteiger partial charge in [-0.3, -0.25) is 57.5 Å². The topological polar surface area (TPSA) is 289 Å². The molecule has 26 nitrogen and oxygen atoms in total. The van der Waals surface area contributed by atoms with Gasteiger partial charge in [0.25, 0.3) is 0 Å². The van der Waals surface area contributed by atoms with Crippen LogP contribution >= 0.6 is 0 Å². The molecule has 0 radical (unpaired) electrons. The first-order chi connectivity index (χ1) is 49.7. The molecule has 2 saturated heterocycles. The van der Waals surface area contributed by atoms with E-state index in [4.69, 9.17) is 9.47 Å². The first-order valence-electron chi connectivity index (χ1n) is 38.9. The third kappa shape index (κ3) is 21.5. The molecule has 12 amide bonds. The van der Waals surface area contributed by atoms with Gasteiger partial charge in [0.2, 0.25) is 70.9 Å². The van der Waals surface area contributed by atoms with Crippen LogP contribution in [0.25, 0.3) is 0 Å². The Bertz CT molecular complexity index is 3120. The molecule has 0 aromatic heterocycles. The van der Waals surface area contributed by atoms with E-state index in [1.807, 2.05) is 47.6 Å². The van der Waals surface area contributed by atoms with Crippen molar-refractivity contribution in [2.24, 2.45) is 40.9 Å². The SMILES string of the molecule is CCC[C@H]1C(=O)N[C@@H]([C@@H](C)CC)C(=O)N(C)CC(=O)N(C)[C@H]2C/C=C\CCN(C2=O)[C@@H](CC2CCC(C)CC2)C(=O)N(C)CC(=O)N[C@@H](CCC2CCC(C(F)(F)F)C(OC)C2)C(=O)N2C[C@H](OCC)C[C@H]2C(=O)NC2(CC(C)(C)C2)C(=O)N(C)[C@@H](C(CC)CC)C(=O)N(C)[C@H](C(=O)N(C)C)CC(=O)N1C. The van der Waals surface area contributed by atoms with Crippen LogP contribution in [0.3, 0.4) is 0 Å². The lowest BCUT2D eigenvalue weighted by atomic mass is 9.58. The summed E-state index contributed by atoms with van der Waals surface area (Å²) >= 11 is 0. The van der Waals surface area contributed by atoms with Crippen LogP contribution in [-0.4, -0.2) is 284 Å². The van der Waals surface area contributed by atoms with Crippen molar-refractivity contribution in [3.05, 3.63) is 12.2 Å². The number of halogens is 3. The molecular weight excluding hydrogens is 1370 g/mol. The van der Waals surface area contributed by atoms with Crippen LogP contribution in [0.5, 0.6) is 0 Å². The molecule has 13 atom stereocenters. The first-order valence-corrected chi connectivity index (χ1v) is 38.9. The average Bonchev–Trinajstić information content (AvgIpc) is 0.798. The summed E-state index contributed by atoms with van der Waals surface area (Å²) in [7, 11) is 12.7. The van der Waals surface area contributed by atoms with Crippen molar-refractivity contribution >= 4 is 70.9 Å². The van der Waals surface area contributed by atoms with Crippen molar-refractivity contribution in [3.63, 3.8) is 0 Å². The molecule has 3 aliphatic heterocycles. The maximum atomic E-state index is 15.8. The molecule has 0 aromatic rings. The zero-order valence-electron chi connectivity index (χ0n) is 66.7. The number of fused-ring (bicyclic) bond motifs is 3. The van der Waals surface area contributed by atoms with Crippen LogP contribution in [0.1, 0.15) is 197 Å². The van der Waals surface area contributed by atoms with Gasteiger partial charge in [-0.05, 0) is 113 Å². The summed E-state index contributed by atoms with van der Waals surface area (Å²) in [6.07, 6.45) is 2.28. The predicted molar refractivity (Wildman–Crippen MR) is 393 cm³/mol. The third-order valence-corrected chi connectivity index (χ3v) is 24.0. The number of carbonyl (C=O) groups is 12. The molecule has 29 heteroatoms. The van der Waals surface area contributed by atoms with Gasteiger partial charge in [0.05, 0.1) is 37.6 Å². The summed E-state index contributed by atoms with van der Waals surface area (Å²) in [4.78, 5) is 193. The van der Waals surface area contributed by atoms with Crippen molar-refractivity contribution in [2.45, 2.75) is 269 Å². The molecule has 3 saturated carbocycles. The molecule has 3 N–H and O–H groups in total. The van der Waals surface area contributed by atoms with Gasteiger partial charge in [-0.15, -0.1) is 0 Å². The van der Waals surface area contributed by atoms with E-state index in [0.29, 0.717) is 38.0 Å². The Labute approximate surface area is 627 Å². The molecule has 106 heavy (non-hydrogen) atoms. The standard InChI is InChI=1S/C77H127F3N12O14/c1-19-27-55-66(96)82-64(48(7)20-2)72(102)86(13)44-63(95)88(15)56-28-25-24-26-37-91(71(56)101)59(38-49-31-29-47(6)30-32-49)70(100)85(12)43-61(93)81-54(36-34-50-33-35-53(77(78,79)80)60(39-50)105-18)68(98)92-42-52(106-23-5)40-57(92)67(97)83-76(45-75(8,9)46-76)74(104)90(17)65(51(21-3)22-4)73(103)89(16)58(69(99)84(10)11)41-62(94)87(55)14/h24-25,47-60,64-65H,19-23,26-46H2,1-18H3,(H,81,93)(H,82,96)(H,83,97)/b25-24-/t47?,48-,49?,50?,52+,53?,54-,55-,56-,57-,58-,59-,60?,64-,65-/m0/s1. The molecule has 5 fully saturated rings. The van der Waals surface area contributed by atoms with E-state index in [9.17, 15) is 41.9 Å². The zero-order chi connectivity index (χ0) is 79.2. The molecule has 6 rings (SSSR count). The maximum Gasteiger partial charge on any atom is 0.394 e. The predicted octanol–water partition coefficient (Wildman–Crippen LogP) is 6.17. The van der Waals surface area contributed by atoms with E-state index in [1.54, 1.807) is 19.9 Å². The molecule has 3 unspecified atom stereocenters. The van der Waals surface area contributed by atoms with Crippen LogP contribution in [0.15, 0.2) is 12.2 Å². The molecule has 2 bridgehead atoms.